The fourth-order valence-electron chi connectivity index (χ4n) is 2.99. The highest BCUT2D eigenvalue weighted by atomic mass is 32.2. The Balaban J connectivity index is 1.84. The molecule has 3 rings (SSSR count). The normalized spacial score (nSPS) is 18.5. The number of furan rings is 1. The maximum Gasteiger partial charge on any atom is 0.290 e. The highest BCUT2D eigenvalue weighted by Gasteiger charge is 2.32. The third-order valence-corrected chi connectivity index (χ3v) is 5.70. The third-order valence-electron chi connectivity index (χ3n) is 4.07. The van der Waals surface area contributed by atoms with Gasteiger partial charge in [0.15, 0.2) is 5.76 Å². The minimum atomic E-state index is -3.84. The number of hydrogen-bond donors (Lipinski definition) is 2. The number of nitrogens with one attached hydrogen (secondary N) is 2. The first-order chi connectivity index (χ1) is 12.7. The zero-order valence-electron chi connectivity index (χ0n) is 15.6. The largest absolute Gasteiger partial charge is 0.438 e. The zero-order valence-corrected chi connectivity index (χ0v) is 16.4. The van der Waals surface area contributed by atoms with Crippen LogP contribution < -0.4 is 10.0 Å². The number of sulfonamides is 1. The number of hydrogen-bond acceptors (Lipinski definition) is 6. The van der Waals surface area contributed by atoms with Gasteiger partial charge in [0.2, 0.25) is 5.09 Å². The Morgan fingerprint density at radius 1 is 1.33 bits per heavy atom. The first-order valence-electron chi connectivity index (χ1n) is 8.73. The Morgan fingerprint density at radius 3 is 2.78 bits per heavy atom. The number of amides is 1. The van der Waals surface area contributed by atoms with Crippen molar-refractivity contribution in [3.8, 4) is 0 Å². The Kier molecular flexibility index (Phi) is 5.36. The topological polar surface area (TPSA) is 105 Å². The summed E-state index contributed by atoms with van der Waals surface area (Å²) in [6.45, 7) is 6.94. The summed E-state index contributed by atoms with van der Waals surface area (Å²) < 4.78 is 32.7. The van der Waals surface area contributed by atoms with Crippen LogP contribution >= 0.6 is 0 Å². The van der Waals surface area contributed by atoms with E-state index in [2.05, 4.69) is 15.0 Å². The van der Waals surface area contributed by atoms with Gasteiger partial charge in [0.1, 0.15) is 0 Å². The number of aromatic nitrogens is 1. The van der Waals surface area contributed by atoms with Crippen molar-refractivity contribution in [2.75, 3.05) is 19.6 Å². The van der Waals surface area contributed by atoms with E-state index in [1.807, 2.05) is 12.1 Å². The van der Waals surface area contributed by atoms with E-state index in [1.54, 1.807) is 38.1 Å². The van der Waals surface area contributed by atoms with Crippen LogP contribution in [0.15, 0.2) is 46.2 Å². The Hall–Kier alpha value is -2.23. The number of carbonyl (C=O) groups excluding carboxylic acids is 1. The van der Waals surface area contributed by atoms with Crippen LogP contribution in [-0.2, 0) is 10.0 Å². The number of piperazine rings is 1. The molecule has 2 aromatic rings. The molecule has 1 amide bonds. The number of rotatable bonds is 4. The molecule has 9 heteroatoms. The smallest absolute Gasteiger partial charge is 0.290 e. The molecular formula is C18H24N4O4S. The molecule has 1 atom stereocenters. The van der Waals surface area contributed by atoms with Crippen LogP contribution in [0.4, 0.5) is 0 Å². The second-order valence-electron chi connectivity index (χ2n) is 7.48. The number of pyridine rings is 1. The number of carbonyl (C=O) groups is 1. The van der Waals surface area contributed by atoms with Crippen molar-refractivity contribution in [1.29, 1.82) is 0 Å². The quantitative estimate of drug-likeness (QED) is 0.818. The molecule has 1 unspecified atom stereocenters. The molecular weight excluding hydrogens is 368 g/mol. The molecule has 2 N–H and O–H groups in total. The summed E-state index contributed by atoms with van der Waals surface area (Å²) in [5, 5.41) is 3.00. The van der Waals surface area contributed by atoms with Gasteiger partial charge in [-0.3, -0.25) is 9.78 Å². The molecule has 27 heavy (non-hydrogen) atoms. The Bertz CT molecular complexity index is 903. The van der Waals surface area contributed by atoms with E-state index in [4.69, 9.17) is 4.42 Å². The van der Waals surface area contributed by atoms with E-state index < -0.39 is 15.6 Å². The fraction of sp³-hybridized carbons (Fsp3) is 0.444. The molecule has 0 saturated carbocycles. The van der Waals surface area contributed by atoms with Crippen molar-refractivity contribution in [3.63, 3.8) is 0 Å². The van der Waals surface area contributed by atoms with Crippen molar-refractivity contribution in [3.05, 3.63) is 48.0 Å². The monoisotopic (exact) mass is 392 g/mol. The van der Waals surface area contributed by atoms with Crippen molar-refractivity contribution in [2.45, 2.75) is 37.4 Å². The molecule has 0 spiro atoms. The molecule has 1 fully saturated rings. The first-order valence-corrected chi connectivity index (χ1v) is 10.2. The number of nitrogens with zero attached hydrogens (tertiary/aromatic N) is 2. The lowest BCUT2D eigenvalue weighted by Gasteiger charge is -2.35. The first kappa shape index (κ1) is 19.5. The predicted octanol–water partition coefficient (Wildman–Crippen LogP) is 1.54. The summed E-state index contributed by atoms with van der Waals surface area (Å²) in [5.74, 6) is -0.345. The lowest BCUT2D eigenvalue weighted by atomic mass is 10.1. The van der Waals surface area contributed by atoms with Gasteiger partial charge in [0, 0.05) is 37.6 Å². The highest BCUT2D eigenvalue weighted by Crippen LogP contribution is 2.25. The van der Waals surface area contributed by atoms with Crippen LogP contribution in [-0.4, -0.2) is 49.4 Å². The summed E-state index contributed by atoms with van der Waals surface area (Å²) in [6, 6.07) is 6.25. The maximum absolute atomic E-state index is 13.0. The molecule has 2 aromatic heterocycles. The second kappa shape index (κ2) is 7.41. The summed E-state index contributed by atoms with van der Waals surface area (Å²) >= 11 is 0. The third kappa shape index (κ3) is 4.55. The molecule has 146 valence electrons. The molecule has 0 bridgehead atoms. The summed E-state index contributed by atoms with van der Waals surface area (Å²) in [5.41, 5.74) is 0.256. The molecule has 1 aliphatic heterocycles. The van der Waals surface area contributed by atoms with E-state index in [9.17, 15) is 13.2 Å². The molecule has 8 nitrogen and oxygen atoms in total. The minimum Gasteiger partial charge on any atom is -0.438 e. The van der Waals surface area contributed by atoms with Gasteiger partial charge >= 0.3 is 0 Å². The maximum atomic E-state index is 13.0. The highest BCUT2D eigenvalue weighted by molar-refractivity contribution is 7.89. The van der Waals surface area contributed by atoms with Gasteiger partial charge in [-0.05, 0) is 44.5 Å². The molecule has 0 radical (unpaired) electrons. The molecule has 0 aliphatic carbocycles. The Morgan fingerprint density at radius 2 is 2.11 bits per heavy atom. The lowest BCUT2D eigenvalue weighted by Crippen LogP contribution is -2.48. The van der Waals surface area contributed by atoms with Gasteiger partial charge in [-0.2, -0.15) is 0 Å². The van der Waals surface area contributed by atoms with Crippen LogP contribution in [0, 0.1) is 0 Å². The SMILES string of the molecule is CC(C)(C)NS(=O)(=O)c1ccc(C(=O)N2CCNCC2c2cccnc2)o1. The van der Waals surface area contributed by atoms with Crippen LogP contribution in [0.5, 0.6) is 0 Å². The molecule has 1 saturated heterocycles. The average molecular weight is 392 g/mol. The van der Waals surface area contributed by atoms with Gasteiger partial charge in [-0.1, -0.05) is 6.07 Å². The van der Waals surface area contributed by atoms with Crippen molar-refractivity contribution < 1.29 is 17.6 Å². The van der Waals surface area contributed by atoms with Crippen molar-refractivity contribution in [2.24, 2.45) is 0 Å². The predicted molar refractivity (Wildman–Crippen MR) is 99.7 cm³/mol. The summed E-state index contributed by atoms with van der Waals surface area (Å²) in [4.78, 5) is 18.8. The van der Waals surface area contributed by atoms with Gasteiger partial charge in [0.25, 0.3) is 15.9 Å². The minimum absolute atomic E-state index is 0.0000690. The van der Waals surface area contributed by atoms with Crippen LogP contribution in [0.2, 0.25) is 0 Å². The van der Waals surface area contributed by atoms with E-state index in [0.717, 1.165) is 5.56 Å². The molecule has 1 aliphatic rings. The van der Waals surface area contributed by atoms with E-state index in [-0.39, 0.29) is 22.8 Å². The summed E-state index contributed by atoms with van der Waals surface area (Å²) in [6.07, 6.45) is 3.40. The Labute approximate surface area is 159 Å². The average Bonchev–Trinajstić information content (AvgIpc) is 3.11. The zero-order chi connectivity index (χ0) is 19.7. The van der Waals surface area contributed by atoms with Gasteiger partial charge in [0.05, 0.1) is 6.04 Å². The van der Waals surface area contributed by atoms with Crippen molar-refractivity contribution >= 4 is 15.9 Å². The fourth-order valence-corrected chi connectivity index (χ4v) is 4.35. The van der Waals surface area contributed by atoms with Crippen LogP contribution in [0.25, 0.3) is 0 Å². The lowest BCUT2D eigenvalue weighted by molar-refractivity contribution is 0.0595. The van der Waals surface area contributed by atoms with Gasteiger partial charge in [-0.15, -0.1) is 0 Å². The standard InChI is InChI=1S/C18H24N4O4S/c1-18(2,3)21-27(24,25)16-7-6-15(26-16)17(23)22-10-9-20-12-14(22)13-5-4-8-19-11-13/h4-8,11,14,20-21H,9-10,12H2,1-3H3. The molecule has 0 aromatic carbocycles. The summed E-state index contributed by atoms with van der Waals surface area (Å²) in [7, 11) is -3.84. The van der Waals surface area contributed by atoms with E-state index >= 15 is 0 Å². The van der Waals surface area contributed by atoms with E-state index in [0.29, 0.717) is 19.6 Å². The van der Waals surface area contributed by atoms with Gasteiger partial charge in [-0.25, -0.2) is 13.1 Å². The van der Waals surface area contributed by atoms with Gasteiger partial charge < -0.3 is 14.6 Å². The van der Waals surface area contributed by atoms with Crippen LogP contribution in [0.3, 0.4) is 0 Å². The second-order valence-corrected chi connectivity index (χ2v) is 9.09. The van der Waals surface area contributed by atoms with Crippen LogP contribution in [0.1, 0.15) is 42.9 Å². The molecule has 3 heterocycles. The van der Waals surface area contributed by atoms with E-state index in [1.165, 1.54) is 12.1 Å². The van der Waals surface area contributed by atoms with Crippen molar-refractivity contribution in [1.82, 2.24) is 19.9 Å².